The Kier molecular flexibility index (Phi) is 5.22. The molecule has 1 aromatic rings. The van der Waals surface area contributed by atoms with Gasteiger partial charge in [-0.1, -0.05) is 26.0 Å². The lowest BCUT2D eigenvalue weighted by Gasteiger charge is -2.23. The van der Waals surface area contributed by atoms with Crippen molar-refractivity contribution in [1.29, 1.82) is 0 Å². The maximum absolute atomic E-state index is 12.5. The van der Waals surface area contributed by atoms with Crippen LogP contribution >= 0.6 is 0 Å². The van der Waals surface area contributed by atoms with Crippen LogP contribution in [0, 0.1) is 5.92 Å². The molecule has 0 radical (unpaired) electrons. The minimum atomic E-state index is 0.0103. The molecule has 0 aliphatic heterocycles. The van der Waals surface area contributed by atoms with Gasteiger partial charge in [-0.15, -0.1) is 0 Å². The number of hydrogen-bond donors (Lipinski definition) is 1. The maximum Gasteiger partial charge on any atom is 0.251 e. The minimum absolute atomic E-state index is 0.0103. The Labute approximate surface area is 144 Å². The van der Waals surface area contributed by atoms with E-state index in [2.05, 4.69) is 19.2 Å². The third-order valence-corrected chi connectivity index (χ3v) is 4.73. The second kappa shape index (κ2) is 7.37. The first kappa shape index (κ1) is 17.0. The number of rotatable bonds is 8. The topological polar surface area (TPSA) is 49.4 Å². The van der Waals surface area contributed by atoms with Gasteiger partial charge in [0.25, 0.3) is 5.91 Å². The van der Waals surface area contributed by atoms with Gasteiger partial charge in [-0.2, -0.15) is 0 Å². The Morgan fingerprint density at radius 2 is 1.79 bits per heavy atom. The van der Waals surface area contributed by atoms with E-state index in [0.717, 1.165) is 37.7 Å². The zero-order valence-electron chi connectivity index (χ0n) is 14.8. The average molecular weight is 328 g/mol. The van der Waals surface area contributed by atoms with Crippen molar-refractivity contribution < 1.29 is 9.59 Å². The van der Waals surface area contributed by atoms with E-state index in [9.17, 15) is 9.59 Å². The van der Waals surface area contributed by atoms with E-state index in [1.165, 1.54) is 0 Å². The maximum atomic E-state index is 12.5. The van der Waals surface area contributed by atoms with Gasteiger partial charge in [0.2, 0.25) is 5.91 Å². The van der Waals surface area contributed by atoms with Gasteiger partial charge in [0.1, 0.15) is 0 Å². The average Bonchev–Trinajstić information content (AvgIpc) is 3.44. The van der Waals surface area contributed by atoms with E-state index in [1.807, 2.05) is 29.2 Å². The number of hydrogen-bond acceptors (Lipinski definition) is 2. The number of nitrogens with one attached hydrogen (secondary N) is 1. The second-order valence-corrected chi connectivity index (χ2v) is 7.63. The van der Waals surface area contributed by atoms with Crippen molar-refractivity contribution >= 4 is 11.8 Å². The largest absolute Gasteiger partial charge is 0.349 e. The summed E-state index contributed by atoms with van der Waals surface area (Å²) in [4.78, 5) is 26.6. The number of amides is 2. The predicted molar refractivity (Wildman–Crippen MR) is 94.6 cm³/mol. The molecule has 0 unspecified atom stereocenters. The molecule has 0 heterocycles. The smallest absolute Gasteiger partial charge is 0.251 e. The third-order valence-electron chi connectivity index (χ3n) is 4.73. The first-order valence-corrected chi connectivity index (χ1v) is 9.22. The molecule has 0 saturated heterocycles. The van der Waals surface area contributed by atoms with Gasteiger partial charge in [-0.05, 0) is 55.7 Å². The standard InChI is InChI=1S/C20H28N2O2/c1-14(2)3-12-19(23)22(18-10-11-18)13-15-4-6-16(7-5-15)20(24)21-17-8-9-17/h4-7,14,17-18H,3,8-13H2,1-2H3,(H,21,24). The summed E-state index contributed by atoms with van der Waals surface area (Å²) in [6.07, 6.45) is 6.01. The fraction of sp³-hybridized carbons (Fsp3) is 0.600. The fourth-order valence-corrected chi connectivity index (χ4v) is 2.82. The van der Waals surface area contributed by atoms with E-state index < -0.39 is 0 Å². The molecular weight excluding hydrogens is 300 g/mol. The van der Waals surface area contributed by atoms with Crippen LogP contribution in [0.15, 0.2) is 24.3 Å². The Bertz CT molecular complexity index is 586. The van der Waals surface area contributed by atoms with Gasteiger partial charge >= 0.3 is 0 Å². The van der Waals surface area contributed by atoms with Gasteiger partial charge in [0.05, 0.1) is 0 Å². The number of carbonyl (C=O) groups is 2. The summed E-state index contributed by atoms with van der Waals surface area (Å²) in [7, 11) is 0. The van der Waals surface area contributed by atoms with E-state index in [-0.39, 0.29) is 11.8 Å². The molecule has 2 aliphatic carbocycles. The Morgan fingerprint density at radius 3 is 2.33 bits per heavy atom. The molecular formula is C20H28N2O2. The van der Waals surface area contributed by atoms with E-state index in [0.29, 0.717) is 36.5 Å². The van der Waals surface area contributed by atoms with E-state index in [1.54, 1.807) is 0 Å². The molecule has 4 heteroatoms. The highest BCUT2D eigenvalue weighted by molar-refractivity contribution is 5.94. The Balaban J connectivity index is 1.58. The van der Waals surface area contributed by atoms with Crippen LogP contribution in [0.25, 0.3) is 0 Å². The Hall–Kier alpha value is -1.84. The lowest BCUT2D eigenvalue weighted by atomic mass is 10.1. The number of carbonyl (C=O) groups excluding carboxylic acids is 2. The van der Waals surface area contributed by atoms with Crippen LogP contribution in [-0.2, 0) is 11.3 Å². The summed E-state index contributed by atoms with van der Waals surface area (Å²) >= 11 is 0. The van der Waals surface area contributed by atoms with Crippen LogP contribution in [0.2, 0.25) is 0 Å². The molecule has 4 nitrogen and oxygen atoms in total. The number of nitrogens with zero attached hydrogens (tertiary/aromatic N) is 1. The van der Waals surface area contributed by atoms with Crippen LogP contribution in [0.1, 0.15) is 68.3 Å². The van der Waals surface area contributed by atoms with Gasteiger partial charge in [0, 0.05) is 30.6 Å². The second-order valence-electron chi connectivity index (χ2n) is 7.63. The van der Waals surface area contributed by atoms with Crippen molar-refractivity contribution in [2.75, 3.05) is 0 Å². The highest BCUT2D eigenvalue weighted by Gasteiger charge is 2.32. The molecule has 2 amide bonds. The Morgan fingerprint density at radius 1 is 1.12 bits per heavy atom. The molecule has 2 saturated carbocycles. The summed E-state index contributed by atoms with van der Waals surface area (Å²) in [5.74, 6) is 0.831. The van der Waals surface area contributed by atoms with Crippen LogP contribution in [0.4, 0.5) is 0 Å². The SMILES string of the molecule is CC(C)CCC(=O)N(Cc1ccc(C(=O)NC2CC2)cc1)C1CC1. The van der Waals surface area contributed by atoms with E-state index >= 15 is 0 Å². The van der Waals surface area contributed by atoms with Crippen molar-refractivity contribution in [2.45, 2.75) is 71.0 Å². The molecule has 24 heavy (non-hydrogen) atoms. The van der Waals surface area contributed by atoms with Crippen LogP contribution < -0.4 is 5.32 Å². The first-order chi connectivity index (χ1) is 11.5. The van der Waals surface area contributed by atoms with Crippen LogP contribution in [0.5, 0.6) is 0 Å². The molecule has 0 aromatic heterocycles. The lowest BCUT2D eigenvalue weighted by Crippen LogP contribution is -2.32. The van der Waals surface area contributed by atoms with Gasteiger partial charge in [0.15, 0.2) is 0 Å². The summed E-state index contributed by atoms with van der Waals surface area (Å²) in [5.41, 5.74) is 1.80. The molecule has 1 N–H and O–H groups in total. The molecule has 2 fully saturated rings. The zero-order valence-corrected chi connectivity index (χ0v) is 14.8. The minimum Gasteiger partial charge on any atom is -0.349 e. The summed E-state index contributed by atoms with van der Waals surface area (Å²) in [5, 5.41) is 3.00. The van der Waals surface area contributed by atoms with Crippen molar-refractivity contribution in [1.82, 2.24) is 10.2 Å². The van der Waals surface area contributed by atoms with Crippen molar-refractivity contribution in [2.24, 2.45) is 5.92 Å². The molecule has 130 valence electrons. The lowest BCUT2D eigenvalue weighted by molar-refractivity contribution is -0.132. The van der Waals surface area contributed by atoms with Gasteiger partial charge in [-0.25, -0.2) is 0 Å². The number of benzene rings is 1. The monoisotopic (exact) mass is 328 g/mol. The fourth-order valence-electron chi connectivity index (χ4n) is 2.82. The predicted octanol–water partition coefficient (Wildman–Crippen LogP) is 3.51. The van der Waals surface area contributed by atoms with Gasteiger partial charge < -0.3 is 10.2 Å². The first-order valence-electron chi connectivity index (χ1n) is 9.22. The quantitative estimate of drug-likeness (QED) is 0.794. The van der Waals surface area contributed by atoms with Crippen molar-refractivity contribution in [3.63, 3.8) is 0 Å². The summed E-state index contributed by atoms with van der Waals surface area (Å²) in [6, 6.07) is 8.50. The van der Waals surface area contributed by atoms with Crippen LogP contribution in [0.3, 0.4) is 0 Å². The zero-order chi connectivity index (χ0) is 17.1. The van der Waals surface area contributed by atoms with E-state index in [4.69, 9.17) is 0 Å². The normalized spacial score (nSPS) is 17.0. The molecule has 0 atom stereocenters. The summed E-state index contributed by atoms with van der Waals surface area (Å²) < 4.78 is 0. The molecule has 1 aromatic carbocycles. The molecule has 0 bridgehead atoms. The highest BCUT2D eigenvalue weighted by atomic mass is 16.2. The molecule has 0 spiro atoms. The molecule has 3 rings (SSSR count). The third kappa shape index (κ3) is 4.83. The van der Waals surface area contributed by atoms with Crippen molar-refractivity contribution in [3.05, 3.63) is 35.4 Å². The van der Waals surface area contributed by atoms with Gasteiger partial charge in [-0.3, -0.25) is 9.59 Å². The molecule has 2 aliphatic rings. The van der Waals surface area contributed by atoms with Crippen molar-refractivity contribution in [3.8, 4) is 0 Å². The van der Waals surface area contributed by atoms with Crippen LogP contribution in [-0.4, -0.2) is 28.8 Å². The highest BCUT2D eigenvalue weighted by Crippen LogP contribution is 2.29. The summed E-state index contributed by atoms with van der Waals surface area (Å²) in [6.45, 7) is 4.96.